The number of aromatic nitrogens is 3. The summed E-state index contributed by atoms with van der Waals surface area (Å²) in [5, 5.41) is 3.31. The van der Waals surface area contributed by atoms with Gasteiger partial charge in [-0.15, -0.1) is 0 Å². The molecule has 4 rings (SSSR count). The molecule has 0 spiro atoms. The molecule has 0 radical (unpaired) electrons. The van der Waals surface area contributed by atoms with Gasteiger partial charge in [0.1, 0.15) is 0 Å². The van der Waals surface area contributed by atoms with E-state index in [-0.39, 0.29) is 0 Å². The van der Waals surface area contributed by atoms with Crippen molar-refractivity contribution in [3.05, 3.63) is 73.2 Å². The predicted octanol–water partition coefficient (Wildman–Crippen LogP) is 3.72. The first-order chi connectivity index (χ1) is 11.3. The molecule has 0 saturated carbocycles. The van der Waals surface area contributed by atoms with Crippen molar-refractivity contribution < 1.29 is 0 Å². The van der Waals surface area contributed by atoms with E-state index in [0.717, 1.165) is 34.1 Å². The molecule has 0 aliphatic rings. The Labute approximate surface area is 133 Å². The van der Waals surface area contributed by atoms with Gasteiger partial charge in [0.15, 0.2) is 11.5 Å². The Kier molecular flexibility index (Phi) is 3.16. The number of nitrogens with two attached hydrogens (primary N) is 1. The molecule has 5 nitrogen and oxygen atoms in total. The van der Waals surface area contributed by atoms with Crippen LogP contribution in [0.15, 0.2) is 73.2 Å². The lowest BCUT2D eigenvalue weighted by Gasteiger charge is -2.07. The Hall–Kier alpha value is -3.34. The second-order valence-corrected chi connectivity index (χ2v) is 5.23. The van der Waals surface area contributed by atoms with Gasteiger partial charge in [0.25, 0.3) is 0 Å². The molecule has 2 aromatic heterocycles. The van der Waals surface area contributed by atoms with E-state index >= 15 is 0 Å². The fourth-order valence-electron chi connectivity index (χ4n) is 2.53. The number of nitrogens with zero attached hydrogens (tertiary/aromatic N) is 3. The highest BCUT2D eigenvalue weighted by molar-refractivity contribution is 5.74. The lowest BCUT2D eigenvalue weighted by atomic mass is 10.1. The zero-order valence-electron chi connectivity index (χ0n) is 12.3. The summed E-state index contributed by atoms with van der Waals surface area (Å²) in [7, 11) is 0. The molecule has 0 aliphatic carbocycles. The van der Waals surface area contributed by atoms with E-state index in [1.165, 1.54) is 0 Å². The minimum absolute atomic E-state index is 0.723. The maximum absolute atomic E-state index is 5.76. The molecule has 0 bridgehead atoms. The molecule has 2 heterocycles. The number of para-hydroxylation sites is 1. The number of rotatable bonds is 3. The van der Waals surface area contributed by atoms with Crippen LogP contribution in [0.1, 0.15) is 0 Å². The molecule has 0 atom stereocenters. The molecular weight excluding hydrogens is 286 g/mol. The van der Waals surface area contributed by atoms with E-state index < -0.39 is 0 Å². The molecule has 23 heavy (non-hydrogen) atoms. The van der Waals surface area contributed by atoms with Gasteiger partial charge in [-0.2, -0.15) is 0 Å². The highest BCUT2D eigenvalue weighted by atomic mass is 15.1. The second-order valence-electron chi connectivity index (χ2n) is 5.23. The average molecular weight is 301 g/mol. The van der Waals surface area contributed by atoms with Crippen LogP contribution in [0.3, 0.4) is 0 Å². The Balaban J connectivity index is 1.79. The molecule has 0 aliphatic heterocycles. The number of hydrogen-bond acceptors (Lipinski definition) is 4. The summed E-state index contributed by atoms with van der Waals surface area (Å²) in [5.74, 6) is 0.723. The van der Waals surface area contributed by atoms with E-state index in [1.54, 1.807) is 6.20 Å². The van der Waals surface area contributed by atoms with Crippen LogP contribution < -0.4 is 11.1 Å². The van der Waals surface area contributed by atoms with E-state index in [1.807, 2.05) is 71.4 Å². The standard InChI is InChI=1S/C18H15N5/c19-14-8-6-13(7-9-14)16-12-21-18-17(20-10-11-23(16)18)22-15-4-2-1-3-5-15/h1-12H,19H2,(H,20,22). The largest absolute Gasteiger partial charge is 0.399 e. The van der Waals surface area contributed by atoms with Gasteiger partial charge in [-0.1, -0.05) is 30.3 Å². The van der Waals surface area contributed by atoms with Crippen LogP contribution in [0.4, 0.5) is 17.2 Å². The van der Waals surface area contributed by atoms with Crippen molar-refractivity contribution in [2.45, 2.75) is 0 Å². The molecule has 2 aromatic carbocycles. The van der Waals surface area contributed by atoms with Gasteiger partial charge in [-0.3, -0.25) is 4.40 Å². The van der Waals surface area contributed by atoms with Crippen LogP contribution in [0.25, 0.3) is 16.9 Å². The lowest BCUT2D eigenvalue weighted by molar-refractivity contribution is 1.13. The van der Waals surface area contributed by atoms with Gasteiger partial charge in [0, 0.05) is 29.3 Å². The first kappa shape index (κ1) is 13.3. The maximum atomic E-state index is 5.76. The molecule has 5 heteroatoms. The molecule has 0 unspecified atom stereocenters. The van der Waals surface area contributed by atoms with Crippen molar-refractivity contribution in [2.24, 2.45) is 0 Å². The zero-order valence-corrected chi connectivity index (χ0v) is 12.3. The summed E-state index contributed by atoms with van der Waals surface area (Å²) in [6.07, 6.45) is 5.52. The third kappa shape index (κ3) is 2.48. The zero-order chi connectivity index (χ0) is 15.6. The van der Waals surface area contributed by atoms with Crippen LogP contribution in [0.2, 0.25) is 0 Å². The highest BCUT2D eigenvalue weighted by Crippen LogP contribution is 2.25. The van der Waals surface area contributed by atoms with Crippen molar-refractivity contribution in [3.8, 4) is 11.3 Å². The molecule has 4 aromatic rings. The average Bonchev–Trinajstić information content (AvgIpc) is 3.02. The number of imidazole rings is 1. The van der Waals surface area contributed by atoms with Crippen molar-refractivity contribution in [3.63, 3.8) is 0 Å². The number of anilines is 3. The van der Waals surface area contributed by atoms with Crippen molar-refractivity contribution in [1.29, 1.82) is 0 Å². The monoisotopic (exact) mass is 301 g/mol. The third-order valence-electron chi connectivity index (χ3n) is 3.67. The van der Waals surface area contributed by atoms with E-state index in [4.69, 9.17) is 5.73 Å². The molecule has 112 valence electrons. The third-order valence-corrected chi connectivity index (χ3v) is 3.67. The number of hydrogen-bond donors (Lipinski definition) is 2. The predicted molar refractivity (Wildman–Crippen MR) is 92.6 cm³/mol. The smallest absolute Gasteiger partial charge is 0.180 e. The molecular formula is C18H15N5. The van der Waals surface area contributed by atoms with E-state index in [9.17, 15) is 0 Å². The molecule has 0 fully saturated rings. The van der Waals surface area contributed by atoms with E-state index in [2.05, 4.69) is 15.3 Å². The summed E-state index contributed by atoms with van der Waals surface area (Å²) < 4.78 is 2.02. The first-order valence-corrected chi connectivity index (χ1v) is 7.31. The van der Waals surface area contributed by atoms with Gasteiger partial charge in [-0.25, -0.2) is 9.97 Å². The van der Waals surface area contributed by atoms with E-state index in [0.29, 0.717) is 0 Å². The van der Waals surface area contributed by atoms with Gasteiger partial charge >= 0.3 is 0 Å². The summed E-state index contributed by atoms with van der Waals surface area (Å²) in [5.41, 5.74) is 10.3. The Morgan fingerprint density at radius 2 is 1.70 bits per heavy atom. The number of nitrogens with one attached hydrogen (secondary N) is 1. The topological polar surface area (TPSA) is 68.2 Å². The lowest BCUT2D eigenvalue weighted by Crippen LogP contribution is -1.98. The quantitative estimate of drug-likeness (QED) is 0.566. The SMILES string of the molecule is Nc1ccc(-c2cnc3c(Nc4ccccc4)nccn23)cc1. The summed E-state index contributed by atoms with van der Waals surface area (Å²) in [6, 6.07) is 17.7. The molecule has 0 amide bonds. The second kappa shape index (κ2) is 5.46. The summed E-state index contributed by atoms with van der Waals surface area (Å²) in [6.45, 7) is 0. The van der Waals surface area contributed by atoms with Crippen LogP contribution in [-0.2, 0) is 0 Å². The van der Waals surface area contributed by atoms with Crippen LogP contribution in [0.5, 0.6) is 0 Å². The number of nitrogen functional groups attached to an aromatic ring is 1. The Morgan fingerprint density at radius 3 is 2.48 bits per heavy atom. The minimum Gasteiger partial charge on any atom is -0.399 e. The minimum atomic E-state index is 0.723. The normalized spacial score (nSPS) is 10.8. The summed E-state index contributed by atoms with van der Waals surface area (Å²) >= 11 is 0. The Morgan fingerprint density at radius 1 is 0.913 bits per heavy atom. The molecule has 0 saturated heterocycles. The van der Waals surface area contributed by atoms with Gasteiger partial charge in [-0.05, 0) is 24.3 Å². The Bertz CT molecular complexity index is 942. The van der Waals surface area contributed by atoms with Crippen molar-refractivity contribution >= 4 is 22.8 Å². The fourth-order valence-corrected chi connectivity index (χ4v) is 2.53. The van der Waals surface area contributed by atoms with Crippen LogP contribution in [-0.4, -0.2) is 14.4 Å². The highest BCUT2D eigenvalue weighted by Gasteiger charge is 2.10. The number of fused-ring (bicyclic) bond motifs is 1. The molecule has 3 N–H and O–H groups in total. The summed E-state index contributed by atoms with van der Waals surface area (Å²) in [4.78, 5) is 8.93. The van der Waals surface area contributed by atoms with Gasteiger partial charge in [0.2, 0.25) is 0 Å². The number of benzene rings is 2. The maximum Gasteiger partial charge on any atom is 0.180 e. The van der Waals surface area contributed by atoms with Crippen LogP contribution >= 0.6 is 0 Å². The van der Waals surface area contributed by atoms with Gasteiger partial charge in [0.05, 0.1) is 11.9 Å². The van der Waals surface area contributed by atoms with Crippen molar-refractivity contribution in [2.75, 3.05) is 11.1 Å². The first-order valence-electron chi connectivity index (χ1n) is 7.31. The van der Waals surface area contributed by atoms with Gasteiger partial charge < -0.3 is 11.1 Å². The fraction of sp³-hybridized carbons (Fsp3) is 0. The van der Waals surface area contributed by atoms with Crippen molar-refractivity contribution in [1.82, 2.24) is 14.4 Å². The van der Waals surface area contributed by atoms with Crippen LogP contribution in [0, 0.1) is 0 Å².